The minimum atomic E-state index is -0.816. The number of hydrogen-bond acceptors (Lipinski definition) is 2. The molecule has 0 radical (unpaired) electrons. The van der Waals surface area contributed by atoms with Crippen molar-refractivity contribution in [3.05, 3.63) is 28.0 Å². The van der Waals surface area contributed by atoms with Crippen LogP contribution in [-0.4, -0.2) is 13.0 Å². The zero-order valence-electron chi connectivity index (χ0n) is 6.80. The van der Waals surface area contributed by atoms with Crippen LogP contribution in [0.25, 0.3) is 0 Å². The van der Waals surface area contributed by atoms with Crippen molar-refractivity contribution in [2.75, 3.05) is 7.11 Å². The molecule has 1 rings (SSSR count). The van der Waals surface area contributed by atoms with Gasteiger partial charge in [-0.2, -0.15) is 0 Å². The van der Waals surface area contributed by atoms with Crippen molar-refractivity contribution in [3.63, 3.8) is 0 Å². The molecule has 13 heavy (non-hydrogen) atoms. The van der Waals surface area contributed by atoms with Gasteiger partial charge in [0.15, 0.2) is 0 Å². The molecule has 1 amide bonds. The van der Waals surface area contributed by atoms with Crippen LogP contribution in [0.3, 0.4) is 0 Å². The summed E-state index contributed by atoms with van der Waals surface area (Å²) in [7, 11) is 1.42. The molecule has 1 aromatic rings. The van der Waals surface area contributed by atoms with Gasteiger partial charge >= 0.3 is 0 Å². The number of nitrogens with two attached hydrogens (primary N) is 1. The molecular formula is C8H7BrFNO2. The number of carbonyl (C=O) groups excluding carboxylic acids is 1. The van der Waals surface area contributed by atoms with E-state index in [2.05, 4.69) is 15.9 Å². The molecule has 0 bridgehead atoms. The van der Waals surface area contributed by atoms with Gasteiger partial charge in [0, 0.05) is 0 Å². The van der Waals surface area contributed by atoms with Crippen molar-refractivity contribution in [2.24, 2.45) is 5.73 Å². The fourth-order valence-electron chi connectivity index (χ4n) is 0.874. The minimum absolute atomic E-state index is 0.181. The predicted molar refractivity (Wildman–Crippen MR) is 49.2 cm³/mol. The van der Waals surface area contributed by atoms with E-state index in [9.17, 15) is 9.18 Å². The average Bonchev–Trinajstić information content (AvgIpc) is 2.03. The molecule has 0 fully saturated rings. The minimum Gasteiger partial charge on any atom is -0.496 e. The van der Waals surface area contributed by atoms with Crippen molar-refractivity contribution in [1.29, 1.82) is 0 Å². The number of carbonyl (C=O) groups is 1. The lowest BCUT2D eigenvalue weighted by atomic mass is 10.2. The standard InChI is InChI=1S/C8H7BrFNO2/c1-13-7-2-4(8(11)12)6(10)3-5(7)9/h2-3H,1H3,(H2,11,12). The van der Waals surface area contributed by atoms with Gasteiger partial charge in [-0.3, -0.25) is 4.79 Å². The Morgan fingerprint density at radius 2 is 2.23 bits per heavy atom. The highest BCUT2D eigenvalue weighted by atomic mass is 79.9. The van der Waals surface area contributed by atoms with Gasteiger partial charge in [0.1, 0.15) is 11.6 Å². The normalized spacial score (nSPS) is 9.77. The van der Waals surface area contributed by atoms with E-state index < -0.39 is 11.7 Å². The maximum Gasteiger partial charge on any atom is 0.251 e. The Morgan fingerprint density at radius 1 is 1.62 bits per heavy atom. The molecule has 5 heteroatoms. The number of ether oxygens (including phenoxy) is 1. The Morgan fingerprint density at radius 3 is 2.69 bits per heavy atom. The van der Waals surface area contributed by atoms with Crippen LogP contribution in [0.15, 0.2) is 16.6 Å². The lowest BCUT2D eigenvalue weighted by molar-refractivity contribution is 0.0996. The quantitative estimate of drug-likeness (QED) is 0.865. The second kappa shape index (κ2) is 3.74. The second-order valence-corrected chi connectivity index (χ2v) is 3.19. The van der Waals surface area contributed by atoms with Crippen molar-refractivity contribution >= 4 is 21.8 Å². The monoisotopic (exact) mass is 247 g/mol. The van der Waals surface area contributed by atoms with Crippen LogP contribution >= 0.6 is 15.9 Å². The molecule has 0 saturated heterocycles. The zero-order valence-corrected chi connectivity index (χ0v) is 8.39. The molecule has 0 aromatic heterocycles. The number of halogens is 2. The fourth-order valence-corrected chi connectivity index (χ4v) is 1.35. The van der Waals surface area contributed by atoms with Gasteiger partial charge in [-0.1, -0.05) is 0 Å². The molecule has 0 spiro atoms. The van der Waals surface area contributed by atoms with E-state index >= 15 is 0 Å². The first kappa shape index (κ1) is 9.98. The number of benzene rings is 1. The molecule has 0 aliphatic rings. The molecule has 0 atom stereocenters. The average molecular weight is 248 g/mol. The zero-order chi connectivity index (χ0) is 10.0. The van der Waals surface area contributed by atoms with Crippen LogP contribution in [0.1, 0.15) is 10.4 Å². The summed E-state index contributed by atoms with van der Waals surface area (Å²) >= 11 is 3.07. The first-order valence-corrected chi connectivity index (χ1v) is 4.18. The van der Waals surface area contributed by atoms with E-state index in [1.165, 1.54) is 13.2 Å². The first-order chi connectivity index (χ1) is 6.06. The largest absolute Gasteiger partial charge is 0.496 e. The summed E-state index contributed by atoms with van der Waals surface area (Å²) in [5.41, 5.74) is 4.76. The Kier molecular flexibility index (Phi) is 2.87. The van der Waals surface area contributed by atoms with E-state index in [0.29, 0.717) is 10.2 Å². The topological polar surface area (TPSA) is 52.3 Å². The Labute approximate surface area is 82.8 Å². The molecule has 0 saturated carbocycles. The highest BCUT2D eigenvalue weighted by Crippen LogP contribution is 2.27. The molecule has 0 aliphatic carbocycles. The summed E-state index contributed by atoms with van der Waals surface area (Å²) in [6.07, 6.45) is 0. The van der Waals surface area contributed by atoms with Gasteiger partial charge in [0.2, 0.25) is 0 Å². The highest BCUT2D eigenvalue weighted by Gasteiger charge is 2.12. The van der Waals surface area contributed by atoms with Crippen molar-refractivity contribution < 1.29 is 13.9 Å². The first-order valence-electron chi connectivity index (χ1n) is 3.39. The number of methoxy groups -OCH3 is 1. The van der Waals surface area contributed by atoms with Gasteiger partial charge in [0.25, 0.3) is 5.91 Å². The summed E-state index contributed by atoms with van der Waals surface area (Å²) < 4.78 is 18.3. The van der Waals surface area contributed by atoms with Crippen molar-refractivity contribution in [3.8, 4) is 5.75 Å². The number of rotatable bonds is 2. The predicted octanol–water partition coefficient (Wildman–Crippen LogP) is 1.70. The molecule has 70 valence electrons. The number of hydrogen-bond donors (Lipinski definition) is 1. The molecule has 0 aliphatic heterocycles. The van der Waals surface area contributed by atoms with Crippen molar-refractivity contribution in [1.82, 2.24) is 0 Å². The molecule has 3 nitrogen and oxygen atoms in total. The van der Waals surface area contributed by atoms with Gasteiger partial charge < -0.3 is 10.5 Å². The summed E-state index contributed by atoms with van der Waals surface area (Å²) in [5.74, 6) is -1.11. The van der Waals surface area contributed by atoms with E-state index in [1.807, 2.05) is 0 Å². The highest BCUT2D eigenvalue weighted by molar-refractivity contribution is 9.10. The second-order valence-electron chi connectivity index (χ2n) is 2.33. The smallest absolute Gasteiger partial charge is 0.251 e. The van der Waals surface area contributed by atoms with Crippen LogP contribution in [0.4, 0.5) is 4.39 Å². The van der Waals surface area contributed by atoms with Gasteiger partial charge in [-0.05, 0) is 28.1 Å². The third kappa shape index (κ3) is 1.98. The van der Waals surface area contributed by atoms with Gasteiger partial charge in [-0.25, -0.2) is 4.39 Å². The molecule has 1 aromatic carbocycles. The van der Waals surface area contributed by atoms with Gasteiger partial charge in [-0.15, -0.1) is 0 Å². The summed E-state index contributed by atoms with van der Waals surface area (Å²) in [4.78, 5) is 10.7. The lowest BCUT2D eigenvalue weighted by Gasteiger charge is -2.05. The van der Waals surface area contributed by atoms with Crippen LogP contribution in [0, 0.1) is 5.82 Å². The lowest BCUT2D eigenvalue weighted by Crippen LogP contribution is -2.13. The third-order valence-corrected chi connectivity index (χ3v) is 2.13. The van der Waals surface area contributed by atoms with E-state index in [4.69, 9.17) is 10.5 Å². The SMILES string of the molecule is COc1cc(C(N)=O)c(F)cc1Br. The fraction of sp³-hybridized carbons (Fsp3) is 0.125. The van der Waals surface area contributed by atoms with Crippen LogP contribution < -0.4 is 10.5 Å². The number of amides is 1. The summed E-state index contributed by atoms with van der Waals surface area (Å²) in [5, 5.41) is 0. The molecular weight excluding hydrogens is 241 g/mol. The van der Waals surface area contributed by atoms with Crippen molar-refractivity contribution in [2.45, 2.75) is 0 Å². The molecule has 2 N–H and O–H groups in total. The summed E-state index contributed by atoms with van der Waals surface area (Å²) in [6.45, 7) is 0. The van der Waals surface area contributed by atoms with E-state index in [-0.39, 0.29) is 5.56 Å². The Hall–Kier alpha value is -1.10. The van der Waals surface area contributed by atoms with E-state index in [0.717, 1.165) is 6.07 Å². The maximum atomic E-state index is 13.0. The van der Waals surface area contributed by atoms with Gasteiger partial charge in [0.05, 0.1) is 17.1 Å². The molecule has 0 unspecified atom stereocenters. The molecule has 0 heterocycles. The third-order valence-electron chi connectivity index (χ3n) is 1.51. The maximum absolute atomic E-state index is 13.0. The summed E-state index contributed by atoms with van der Waals surface area (Å²) in [6, 6.07) is 2.39. The van der Waals surface area contributed by atoms with E-state index in [1.54, 1.807) is 0 Å². The van der Waals surface area contributed by atoms with Crippen LogP contribution in [0.5, 0.6) is 5.75 Å². The van der Waals surface area contributed by atoms with Crippen LogP contribution in [-0.2, 0) is 0 Å². The number of primary amides is 1. The Balaban J connectivity index is 3.30. The Bertz CT molecular complexity index is 354. The van der Waals surface area contributed by atoms with Crippen LogP contribution in [0.2, 0.25) is 0 Å².